The zero-order valence-corrected chi connectivity index (χ0v) is 18.3. The van der Waals surface area contributed by atoms with Gasteiger partial charge >= 0.3 is 12.1 Å². The van der Waals surface area contributed by atoms with E-state index in [0.717, 1.165) is 25.1 Å². The smallest absolute Gasteiger partial charge is 0.475 e. The summed E-state index contributed by atoms with van der Waals surface area (Å²) < 4.78 is 58.6. The quantitative estimate of drug-likeness (QED) is 0.632. The van der Waals surface area contributed by atoms with Crippen LogP contribution in [0.25, 0.3) is 0 Å². The largest absolute Gasteiger partial charge is 0.490 e. The maximum Gasteiger partial charge on any atom is 0.490 e. The maximum atomic E-state index is 12.7. The molecule has 31 heavy (non-hydrogen) atoms. The van der Waals surface area contributed by atoms with E-state index in [-0.39, 0.29) is 23.8 Å². The third-order valence-corrected chi connectivity index (χ3v) is 6.60. The summed E-state index contributed by atoms with van der Waals surface area (Å²) in [5.41, 5.74) is 1.10. The Balaban J connectivity index is 0.000000592. The lowest BCUT2D eigenvalue weighted by Gasteiger charge is -2.28. The topological polar surface area (TPSA) is 107 Å². The molecule has 1 heterocycles. The number of aliphatic carboxylic acids is 1. The lowest BCUT2D eigenvalue weighted by Crippen LogP contribution is -2.47. The Morgan fingerprint density at radius 2 is 1.65 bits per heavy atom. The van der Waals surface area contributed by atoms with E-state index in [4.69, 9.17) is 9.90 Å². The van der Waals surface area contributed by atoms with E-state index in [9.17, 15) is 26.4 Å². The highest BCUT2D eigenvalue weighted by molar-refractivity contribution is 7.89. The molecule has 1 amide bonds. The fraction of sp³-hybridized carbons (Fsp3) is 0.579. The number of alkyl halides is 3. The van der Waals surface area contributed by atoms with Crippen molar-refractivity contribution < 1.29 is 36.3 Å². The number of benzene rings is 1. The molecule has 1 fully saturated rings. The number of carboxylic acids is 1. The van der Waals surface area contributed by atoms with Gasteiger partial charge in [0.15, 0.2) is 0 Å². The van der Waals surface area contributed by atoms with Gasteiger partial charge in [-0.3, -0.25) is 4.79 Å². The SMILES string of the molecule is CCc1ccc(S(=O)(=O)N(CC)CCC(=O)N2CCNCC2)cc1.O=C(O)C(F)(F)F. The molecule has 0 atom stereocenters. The van der Waals surface area contributed by atoms with Gasteiger partial charge in [0.2, 0.25) is 15.9 Å². The molecular formula is C19H28F3N3O5S. The molecule has 12 heteroatoms. The highest BCUT2D eigenvalue weighted by atomic mass is 32.2. The Morgan fingerprint density at radius 1 is 1.13 bits per heavy atom. The summed E-state index contributed by atoms with van der Waals surface area (Å²) in [6.45, 7) is 7.38. The minimum absolute atomic E-state index is 0.0199. The summed E-state index contributed by atoms with van der Waals surface area (Å²) in [6.07, 6.45) is -3.99. The number of piperazine rings is 1. The van der Waals surface area contributed by atoms with Crippen molar-refractivity contribution in [2.75, 3.05) is 39.3 Å². The van der Waals surface area contributed by atoms with Crippen molar-refractivity contribution in [1.82, 2.24) is 14.5 Å². The Morgan fingerprint density at radius 3 is 2.06 bits per heavy atom. The normalized spacial score (nSPS) is 14.7. The van der Waals surface area contributed by atoms with Gasteiger partial charge in [0.05, 0.1) is 4.90 Å². The number of nitrogens with one attached hydrogen (secondary N) is 1. The second-order valence-electron chi connectivity index (χ2n) is 6.68. The van der Waals surface area contributed by atoms with Gasteiger partial charge in [-0.25, -0.2) is 13.2 Å². The van der Waals surface area contributed by atoms with Gasteiger partial charge < -0.3 is 15.3 Å². The molecule has 1 aromatic rings. The predicted octanol–water partition coefficient (Wildman–Crippen LogP) is 1.71. The molecule has 0 radical (unpaired) electrons. The summed E-state index contributed by atoms with van der Waals surface area (Å²) in [5.74, 6) is -2.74. The number of sulfonamides is 1. The molecule has 0 spiro atoms. The van der Waals surface area contributed by atoms with E-state index in [1.165, 1.54) is 4.31 Å². The van der Waals surface area contributed by atoms with Crippen molar-refractivity contribution in [2.45, 2.75) is 37.8 Å². The number of aryl methyl sites for hydroxylation is 1. The number of hydrogen-bond donors (Lipinski definition) is 2. The summed E-state index contributed by atoms with van der Waals surface area (Å²) in [7, 11) is -3.55. The fourth-order valence-corrected chi connectivity index (χ4v) is 4.24. The van der Waals surface area contributed by atoms with Crippen LogP contribution in [0.2, 0.25) is 0 Å². The molecule has 2 N–H and O–H groups in total. The molecule has 0 aromatic heterocycles. The summed E-state index contributed by atoms with van der Waals surface area (Å²) >= 11 is 0. The van der Waals surface area contributed by atoms with E-state index in [2.05, 4.69) is 5.32 Å². The van der Waals surface area contributed by atoms with Gasteiger partial charge in [-0.2, -0.15) is 17.5 Å². The van der Waals surface area contributed by atoms with Gasteiger partial charge in [-0.05, 0) is 24.1 Å². The van der Waals surface area contributed by atoms with Crippen LogP contribution in [-0.2, 0) is 26.0 Å². The summed E-state index contributed by atoms with van der Waals surface area (Å²) in [4.78, 5) is 23.2. The highest BCUT2D eigenvalue weighted by Crippen LogP contribution is 2.17. The maximum absolute atomic E-state index is 12.7. The van der Waals surface area contributed by atoms with Crippen molar-refractivity contribution in [2.24, 2.45) is 0 Å². The van der Waals surface area contributed by atoms with Gasteiger partial charge in [-0.15, -0.1) is 0 Å². The van der Waals surface area contributed by atoms with Crippen LogP contribution in [-0.4, -0.2) is 80.1 Å². The third kappa shape index (κ3) is 8.46. The number of hydrogen-bond acceptors (Lipinski definition) is 5. The Hall–Kier alpha value is -2.18. The van der Waals surface area contributed by atoms with Crippen molar-refractivity contribution in [3.05, 3.63) is 29.8 Å². The average molecular weight is 468 g/mol. The summed E-state index contributed by atoms with van der Waals surface area (Å²) in [6, 6.07) is 6.98. The van der Waals surface area contributed by atoms with Gasteiger partial charge in [-0.1, -0.05) is 26.0 Å². The van der Waals surface area contributed by atoms with Crippen LogP contribution in [0.5, 0.6) is 0 Å². The van der Waals surface area contributed by atoms with Gasteiger partial charge in [0.1, 0.15) is 0 Å². The zero-order chi connectivity index (χ0) is 23.7. The van der Waals surface area contributed by atoms with E-state index in [1.54, 1.807) is 24.0 Å². The average Bonchev–Trinajstić information content (AvgIpc) is 2.74. The molecule has 0 unspecified atom stereocenters. The first-order valence-corrected chi connectivity index (χ1v) is 11.2. The standard InChI is InChI=1S/C17H27N3O3S.C2HF3O2/c1-3-15-5-7-16(8-6-15)24(22,23)20(4-2)12-9-17(21)19-13-10-18-11-14-19;3-2(4,5)1(6)7/h5-8,18H,3-4,9-14H2,1-2H3;(H,6,7). The van der Waals surface area contributed by atoms with Crippen molar-refractivity contribution >= 4 is 21.9 Å². The van der Waals surface area contributed by atoms with Gasteiger partial charge in [0.25, 0.3) is 0 Å². The Kier molecular flexibility index (Phi) is 10.4. The molecule has 1 saturated heterocycles. The minimum Gasteiger partial charge on any atom is -0.475 e. The molecule has 1 aliphatic rings. The summed E-state index contributed by atoms with van der Waals surface area (Å²) in [5, 5.41) is 10.3. The van der Waals surface area contributed by atoms with Crippen molar-refractivity contribution in [3.63, 3.8) is 0 Å². The minimum atomic E-state index is -5.08. The molecule has 8 nitrogen and oxygen atoms in total. The van der Waals surface area contributed by atoms with E-state index in [0.29, 0.717) is 19.6 Å². The number of carboxylic acid groups (broad SMARTS) is 1. The molecule has 0 saturated carbocycles. The lowest BCUT2D eigenvalue weighted by atomic mass is 10.2. The van der Waals surface area contributed by atoms with Crippen molar-refractivity contribution in [3.8, 4) is 0 Å². The van der Waals surface area contributed by atoms with E-state index in [1.807, 2.05) is 19.1 Å². The number of carbonyl (C=O) groups excluding carboxylic acids is 1. The molecule has 1 aliphatic heterocycles. The van der Waals surface area contributed by atoms with Crippen LogP contribution >= 0.6 is 0 Å². The van der Waals surface area contributed by atoms with Crippen LogP contribution in [0.1, 0.15) is 25.8 Å². The van der Waals surface area contributed by atoms with E-state index >= 15 is 0 Å². The van der Waals surface area contributed by atoms with Crippen molar-refractivity contribution in [1.29, 1.82) is 0 Å². The highest BCUT2D eigenvalue weighted by Gasteiger charge is 2.38. The number of halogens is 3. The number of nitrogens with zero attached hydrogens (tertiary/aromatic N) is 2. The second kappa shape index (κ2) is 12.0. The zero-order valence-electron chi connectivity index (χ0n) is 17.5. The van der Waals surface area contributed by atoms with Crippen LogP contribution < -0.4 is 5.32 Å². The Labute approximate surface area is 180 Å². The number of rotatable bonds is 7. The van der Waals surface area contributed by atoms with Crippen LogP contribution in [0.15, 0.2) is 29.2 Å². The number of carbonyl (C=O) groups is 2. The monoisotopic (exact) mass is 467 g/mol. The molecule has 2 rings (SSSR count). The first-order chi connectivity index (χ1) is 14.4. The first kappa shape index (κ1) is 26.9. The fourth-order valence-electron chi connectivity index (χ4n) is 2.79. The molecule has 176 valence electrons. The first-order valence-electron chi connectivity index (χ1n) is 9.81. The lowest BCUT2D eigenvalue weighted by molar-refractivity contribution is -0.192. The van der Waals surface area contributed by atoms with E-state index < -0.39 is 22.2 Å². The third-order valence-electron chi connectivity index (χ3n) is 4.61. The molecular weight excluding hydrogens is 439 g/mol. The van der Waals surface area contributed by atoms with Crippen LogP contribution in [0.3, 0.4) is 0 Å². The van der Waals surface area contributed by atoms with Gasteiger partial charge in [0, 0.05) is 45.7 Å². The Bertz CT molecular complexity index is 823. The molecule has 0 bridgehead atoms. The number of amides is 1. The predicted molar refractivity (Wildman–Crippen MR) is 108 cm³/mol. The molecule has 1 aromatic carbocycles. The second-order valence-corrected chi connectivity index (χ2v) is 8.62. The van der Waals surface area contributed by atoms with Crippen LogP contribution in [0, 0.1) is 0 Å². The molecule has 0 aliphatic carbocycles. The van der Waals surface area contributed by atoms with Crippen LogP contribution in [0.4, 0.5) is 13.2 Å².